The molecule has 0 saturated carbocycles. The van der Waals surface area contributed by atoms with Crippen molar-refractivity contribution in [1.29, 1.82) is 0 Å². The molecule has 5 heteroatoms. The maximum Gasteiger partial charge on any atom is 0.255 e. The van der Waals surface area contributed by atoms with Crippen LogP contribution in [-0.2, 0) is 4.79 Å². The Kier molecular flexibility index (Phi) is 3.03. The Morgan fingerprint density at radius 1 is 1.47 bits per heavy atom. The third kappa shape index (κ3) is 2.37. The van der Waals surface area contributed by atoms with Gasteiger partial charge >= 0.3 is 0 Å². The van der Waals surface area contributed by atoms with Gasteiger partial charge in [0.25, 0.3) is 5.91 Å². The minimum atomic E-state index is -0.350. The highest BCUT2D eigenvalue weighted by Crippen LogP contribution is 2.20. The molecular formula is C10H11N3OS. The van der Waals surface area contributed by atoms with Gasteiger partial charge in [0.1, 0.15) is 0 Å². The molecule has 1 amide bonds. The Balaban J connectivity index is 2.08. The molecule has 78 valence electrons. The second-order valence-electron chi connectivity index (χ2n) is 3.10. The second-order valence-corrected chi connectivity index (χ2v) is 4.20. The Labute approximate surface area is 92.1 Å². The molecule has 1 atom stereocenters. The topological polar surface area (TPSA) is 58.7 Å². The van der Waals surface area contributed by atoms with Crippen LogP contribution in [0.4, 0.5) is 0 Å². The molecule has 0 aromatic heterocycles. The van der Waals surface area contributed by atoms with Gasteiger partial charge in [0.15, 0.2) is 5.50 Å². The molecule has 1 aromatic carbocycles. The van der Waals surface area contributed by atoms with Gasteiger partial charge in [0.2, 0.25) is 0 Å². The first kappa shape index (κ1) is 10.2. The molecule has 1 aliphatic heterocycles. The minimum absolute atomic E-state index is 0.0420. The van der Waals surface area contributed by atoms with Gasteiger partial charge in [-0.05, 0) is 5.56 Å². The molecule has 2 rings (SSSR count). The van der Waals surface area contributed by atoms with E-state index in [-0.39, 0.29) is 11.4 Å². The van der Waals surface area contributed by atoms with Crippen molar-refractivity contribution >= 4 is 23.9 Å². The Bertz CT molecular complexity index is 380. The number of carbonyl (C=O) groups excluding carboxylic acids is 1. The highest BCUT2D eigenvalue weighted by atomic mass is 32.2. The fourth-order valence-electron chi connectivity index (χ4n) is 1.23. The van der Waals surface area contributed by atoms with Crippen molar-refractivity contribution in [1.82, 2.24) is 5.01 Å². The van der Waals surface area contributed by atoms with E-state index in [2.05, 4.69) is 5.10 Å². The predicted octanol–water partition coefficient (Wildman–Crippen LogP) is 0.838. The van der Waals surface area contributed by atoms with E-state index >= 15 is 0 Å². The smallest absolute Gasteiger partial charge is 0.255 e. The summed E-state index contributed by atoms with van der Waals surface area (Å²) in [7, 11) is 0. The van der Waals surface area contributed by atoms with Crippen LogP contribution in [0.3, 0.4) is 0 Å². The Morgan fingerprint density at radius 3 is 2.80 bits per heavy atom. The SMILES string of the molecule is NC1SCC(=O)N1/N=C/c1ccccc1. The number of hydrazone groups is 1. The summed E-state index contributed by atoms with van der Waals surface area (Å²) in [5, 5.41) is 5.39. The van der Waals surface area contributed by atoms with Gasteiger partial charge in [-0.25, -0.2) is 5.01 Å². The number of thioether (sulfide) groups is 1. The molecule has 0 aliphatic carbocycles. The number of rotatable bonds is 2. The van der Waals surface area contributed by atoms with E-state index in [9.17, 15) is 4.79 Å². The van der Waals surface area contributed by atoms with Gasteiger partial charge < -0.3 is 5.73 Å². The maximum absolute atomic E-state index is 11.3. The lowest BCUT2D eigenvalue weighted by atomic mass is 10.2. The Hall–Kier alpha value is -1.33. The normalized spacial score (nSPS) is 21.5. The zero-order chi connectivity index (χ0) is 10.7. The quantitative estimate of drug-likeness (QED) is 0.753. The number of nitrogens with zero attached hydrogens (tertiary/aromatic N) is 2. The molecule has 0 spiro atoms. The predicted molar refractivity (Wildman–Crippen MR) is 61.3 cm³/mol. The van der Waals surface area contributed by atoms with Crippen LogP contribution < -0.4 is 5.73 Å². The molecular weight excluding hydrogens is 210 g/mol. The van der Waals surface area contributed by atoms with Crippen LogP contribution >= 0.6 is 11.8 Å². The number of benzene rings is 1. The standard InChI is InChI=1S/C10H11N3OS/c11-10-13(9(14)7-15-10)12-6-8-4-2-1-3-5-8/h1-6,10H,7,11H2/b12-6+. The number of nitrogens with two attached hydrogens (primary N) is 1. The van der Waals surface area contributed by atoms with Crippen LogP contribution in [0, 0.1) is 0 Å². The summed E-state index contributed by atoms with van der Waals surface area (Å²) in [5.74, 6) is 0.368. The summed E-state index contributed by atoms with van der Waals surface area (Å²) < 4.78 is 0. The van der Waals surface area contributed by atoms with E-state index in [0.29, 0.717) is 5.75 Å². The summed E-state index contributed by atoms with van der Waals surface area (Å²) >= 11 is 1.39. The summed E-state index contributed by atoms with van der Waals surface area (Å²) in [6, 6.07) is 9.61. The van der Waals surface area contributed by atoms with Gasteiger partial charge in [-0.1, -0.05) is 30.3 Å². The van der Waals surface area contributed by atoms with Crippen molar-refractivity contribution in [3.8, 4) is 0 Å². The lowest BCUT2D eigenvalue weighted by Gasteiger charge is -2.12. The fourth-order valence-corrected chi connectivity index (χ4v) is 1.99. The van der Waals surface area contributed by atoms with Crippen LogP contribution in [0.1, 0.15) is 5.56 Å². The van der Waals surface area contributed by atoms with E-state index in [1.165, 1.54) is 16.8 Å². The molecule has 2 N–H and O–H groups in total. The van der Waals surface area contributed by atoms with Crippen molar-refractivity contribution in [2.75, 3.05) is 5.75 Å². The third-order valence-electron chi connectivity index (χ3n) is 2.00. The molecule has 4 nitrogen and oxygen atoms in total. The van der Waals surface area contributed by atoms with Crippen molar-refractivity contribution in [2.24, 2.45) is 10.8 Å². The maximum atomic E-state index is 11.3. The molecule has 1 aliphatic rings. The van der Waals surface area contributed by atoms with Crippen LogP contribution in [0.5, 0.6) is 0 Å². The molecule has 1 unspecified atom stereocenters. The number of hydrogen-bond donors (Lipinski definition) is 1. The molecule has 0 radical (unpaired) electrons. The van der Waals surface area contributed by atoms with E-state index in [1.54, 1.807) is 6.21 Å². The summed E-state index contributed by atoms with van der Waals surface area (Å²) in [6.07, 6.45) is 1.64. The van der Waals surface area contributed by atoms with Gasteiger partial charge in [-0.2, -0.15) is 5.10 Å². The summed E-state index contributed by atoms with van der Waals surface area (Å²) in [5.41, 5.74) is 6.29. The Morgan fingerprint density at radius 2 is 2.20 bits per heavy atom. The van der Waals surface area contributed by atoms with Gasteiger partial charge in [-0.15, -0.1) is 11.8 Å². The average Bonchev–Trinajstić information content (AvgIpc) is 2.58. The zero-order valence-electron chi connectivity index (χ0n) is 8.04. The van der Waals surface area contributed by atoms with E-state index in [4.69, 9.17) is 5.73 Å². The summed E-state index contributed by atoms with van der Waals surface area (Å²) in [6.45, 7) is 0. The highest BCUT2D eigenvalue weighted by Gasteiger charge is 2.28. The van der Waals surface area contributed by atoms with Crippen LogP contribution in [0.2, 0.25) is 0 Å². The lowest BCUT2D eigenvalue weighted by molar-refractivity contribution is -0.127. The largest absolute Gasteiger partial charge is 0.301 e. The first-order valence-electron chi connectivity index (χ1n) is 4.55. The van der Waals surface area contributed by atoms with Gasteiger partial charge in [0.05, 0.1) is 12.0 Å². The molecule has 1 fully saturated rings. The highest BCUT2D eigenvalue weighted by molar-refractivity contribution is 8.00. The van der Waals surface area contributed by atoms with Gasteiger partial charge in [-0.3, -0.25) is 4.79 Å². The van der Waals surface area contributed by atoms with E-state index in [0.717, 1.165) is 5.56 Å². The number of amides is 1. The third-order valence-corrected chi connectivity index (χ3v) is 2.96. The number of hydrogen-bond acceptors (Lipinski definition) is 4. The molecule has 1 saturated heterocycles. The van der Waals surface area contributed by atoms with Crippen LogP contribution in [-0.4, -0.2) is 28.4 Å². The van der Waals surface area contributed by atoms with Crippen molar-refractivity contribution in [2.45, 2.75) is 5.50 Å². The molecule has 15 heavy (non-hydrogen) atoms. The van der Waals surface area contributed by atoms with Crippen molar-refractivity contribution in [3.05, 3.63) is 35.9 Å². The van der Waals surface area contributed by atoms with E-state index in [1.807, 2.05) is 30.3 Å². The van der Waals surface area contributed by atoms with Crippen LogP contribution in [0.25, 0.3) is 0 Å². The molecule has 0 bridgehead atoms. The molecule has 1 aromatic rings. The van der Waals surface area contributed by atoms with E-state index < -0.39 is 0 Å². The van der Waals surface area contributed by atoms with Crippen molar-refractivity contribution in [3.63, 3.8) is 0 Å². The fraction of sp³-hybridized carbons (Fsp3) is 0.200. The molecule has 1 heterocycles. The van der Waals surface area contributed by atoms with Crippen LogP contribution in [0.15, 0.2) is 35.4 Å². The average molecular weight is 221 g/mol. The lowest BCUT2D eigenvalue weighted by Crippen LogP contribution is -2.33. The first-order chi connectivity index (χ1) is 7.27. The number of carbonyl (C=O) groups is 1. The zero-order valence-corrected chi connectivity index (χ0v) is 8.85. The second kappa shape index (κ2) is 4.46. The van der Waals surface area contributed by atoms with Crippen molar-refractivity contribution < 1.29 is 4.79 Å². The minimum Gasteiger partial charge on any atom is -0.301 e. The first-order valence-corrected chi connectivity index (χ1v) is 5.60. The monoisotopic (exact) mass is 221 g/mol. The summed E-state index contributed by atoms with van der Waals surface area (Å²) in [4.78, 5) is 11.3. The van der Waals surface area contributed by atoms with Gasteiger partial charge in [0, 0.05) is 0 Å².